The van der Waals surface area contributed by atoms with E-state index in [1.165, 1.54) is 0 Å². The lowest BCUT2D eigenvalue weighted by Gasteiger charge is -2.27. The van der Waals surface area contributed by atoms with Crippen LogP contribution in [0, 0.1) is 0 Å². The molecule has 2 saturated heterocycles. The smallest absolute Gasteiger partial charge is 0.295 e. The van der Waals surface area contributed by atoms with Gasteiger partial charge in [0.05, 0.1) is 17.7 Å². The van der Waals surface area contributed by atoms with Gasteiger partial charge in [-0.1, -0.05) is 60.7 Å². The Hall–Kier alpha value is -2.92. The summed E-state index contributed by atoms with van der Waals surface area (Å²) in [7, 11) is 0. The van der Waals surface area contributed by atoms with E-state index in [4.69, 9.17) is 4.74 Å². The number of hydrogen-bond acceptors (Lipinski definition) is 4. The lowest BCUT2D eigenvalue weighted by Crippen LogP contribution is -2.36. The Bertz CT molecular complexity index is 870. The molecule has 2 fully saturated rings. The highest BCUT2D eigenvalue weighted by Crippen LogP contribution is 2.39. The molecule has 2 aromatic carbocycles. The summed E-state index contributed by atoms with van der Waals surface area (Å²) >= 11 is 0. The Labute approximate surface area is 157 Å². The maximum Gasteiger partial charge on any atom is 0.295 e. The van der Waals surface area contributed by atoms with Crippen LogP contribution in [0.4, 0.5) is 0 Å². The molecule has 0 aliphatic carbocycles. The minimum Gasteiger partial charge on any atom is -0.507 e. The second-order valence-corrected chi connectivity index (χ2v) is 6.86. The molecule has 0 saturated carbocycles. The van der Waals surface area contributed by atoms with E-state index in [1.807, 2.05) is 36.4 Å². The van der Waals surface area contributed by atoms with Crippen LogP contribution in [0.5, 0.6) is 0 Å². The molecule has 2 heterocycles. The molecule has 0 unspecified atom stereocenters. The number of nitrogens with zero attached hydrogens (tertiary/aromatic N) is 1. The highest BCUT2D eigenvalue weighted by Gasteiger charge is 2.46. The Morgan fingerprint density at radius 1 is 1.04 bits per heavy atom. The normalized spacial score (nSPS) is 24.5. The first kappa shape index (κ1) is 17.5. The summed E-state index contributed by atoms with van der Waals surface area (Å²) in [6.07, 6.45) is 1.74. The van der Waals surface area contributed by atoms with Crippen molar-refractivity contribution in [2.24, 2.45) is 0 Å². The van der Waals surface area contributed by atoms with E-state index in [0.717, 1.165) is 18.4 Å². The van der Waals surface area contributed by atoms with Crippen molar-refractivity contribution in [3.63, 3.8) is 0 Å². The number of aliphatic hydroxyl groups excluding tert-OH is 1. The fraction of sp³-hybridized carbons (Fsp3) is 0.273. The van der Waals surface area contributed by atoms with E-state index in [0.29, 0.717) is 18.7 Å². The molecular weight excluding hydrogens is 342 g/mol. The lowest BCUT2D eigenvalue weighted by atomic mass is 9.95. The second-order valence-electron chi connectivity index (χ2n) is 6.86. The number of ether oxygens (including phenoxy) is 1. The number of benzene rings is 2. The van der Waals surface area contributed by atoms with Crippen molar-refractivity contribution in [3.8, 4) is 0 Å². The fourth-order valence-corrected chi connectivity index (χ4v) is 3.81. The molecule has 4 rings (SSSR count). The lowest BCUT2D eigenvalue weighted by molar-refractivity contribution is -0.140. The predicted molar refractivity (Wildman–Crippen MR) is 101 cm³/mol. The number of carbonyl (C=O) groups excluding carboxylic acids is 2. The zero-order valence-electron chi connectivity index (χ0n) is 14.9. The standard InChI is InChI=1S/C22H21NO4/c24-20(16-10-5-2-6-11-16)18-19(15-8-3-1-4-9-15)23(22(26)21(18)25)14-17-12-7-13-27-17/h1-6,8-11,17,19,24H,7,12-14H2/b20-18+/t17-,19-/m0/s1. The topological polar surface area (TPSA) is 66.8 Å². The molecule has 2 aliphatic heterocycles. The van der Waals surface area contributed by atoms with Gasteiger partial charge in [0.2, 0.25) is 0 Å². The van der Waals surface area contributed by atoms with Crippen molar-refractivity contribution in [2.75, 3.05) is 13.2 Å². The molecule has 27 heavy (non-hydrogen) atoms. The number of ketones is 1. The SMILES string of the molecule is O=C1C(=O)N(C[C@@H]2CCCO2)[C@@H](c2ccccc2)/C1=C(\O)c1ccccc1. The minimum atomic E-state index is -0.650. The van der Waals surface area contributed by atoms with E-state index in [-0.39, 0.29) is 17.4 Å². The summed E-state index contributed by atoms with van der Waals surface area (Å²) in [5, 5.41) is 10.9. The second kappa shape index (κ2) is 7.37. The van der Waals surface area contributed by atoms with Gasteiger partial charge in [0.15, 0.2) is 0 Å². The highest BCUT2D eigenvalue weighted by molar-refractivity contribution is 6.46. The van der Waals surface area contributed by atoms with Gasteiger partial charge in [-0.15, -0.1) is 0 Å². The first-order chi connectivity index (χ1) is 13.2. The predicted octanol–water partition coefficient (Wildman–Crippen LogP) is 3.29. The van der Waals surface area contributed by atoms with Crippen molar-refractivity contribution in [2.45, 2.75) is 25.0 Å². The van der Waals surface area contributed by atoms with E-state index in [2.05, 4.69) is 0 Å². The Morgan fingerprint density at radius 3 is 2.33 bits per heavy atom. The van der Waals surface area contributed by atoms with E-state index < -0.39 is 17.7 Å². The summed E-state index contributed by atoms with van der Waals surface area (Å²) < 4.78 is 5.68. The van der Waals surface area contributed by atoms with Crippen LogP contribution in [-0.2, 0) is 14.3 Å². The van der Waals surface area contributed by atoms with Crippen LogP contribution >= 0.6 is 0 Å². The third-order valence-electron chi connectivity index (χ3n) is 5.13. The third-order valence-corrected chi connectivity index (χ3v) is 5.13. The Morgan fingerprint density at radius 2 is 1.70 bits per heavy atom. The number of likely N-dealkylation sites (tertiary alicyclic amines) is 1. The number of Topliss-reactive ketones (excluding diaryl/α,β-unsaturated/α-hetero) is 1. The van der Waals surface area contributed by atoms with Gasteiger partial charge in [-0.2, -0.15) is 0 Å². The first-order valence-corrected chi connectivity index (χ1v) is 9.17. The van der Waals surface area contributed by atoms with Gasteiger partial charge in [-0.25, -0.2) is 0 Å². The van der Waals surface area contributed by atoms with Crippen LogP contribution in [0.25, 0.3) is 5.76 Å². The van der Waals surface area contributed by atoms with Crippen molar-refractivity contribution < 1.29 is 19.4 Å². The van der Waals surface area contributed by atoms with E-state index in [1.54, 1.807) is 29.2 Å². The molecule has 5 heteroatoms. The quantitative estimate of drug-likeness (QED) is 0.514. The largest absolute Gasteiger partial charge is 0.507 e. The van der Waals surface area contributed by atoms with Crippen LogP contribution in [0.2, 0.25) is 0 Å². The third kappa shape index (κ3) is 3.26. The van der Waals surface area contributed by atoms with Gasteiger partial charge >= 0.3 is 0 Å². The summed E-state index contributed by atoms with van der Waals surface area (Å²) in [5.74, 6) is -1.38. The molecular formula is C22H21NO4. The van der Waals surface area contributed by atoms with Crippen molar-refractivity contribution >= 4 is 17.4 Å². The molecule has 0 bridgehead atoms. The molecule has 1 N–H and O–H groups in total. The van der Waals surface area contributed by atoms with Crippen molar-refractivity contribution in [1.29, 1.82) is 0 Å². The van der Waals surface area contributed by atoms with Crippen molar-refractivity contribution in [3.05, 3.63) is 77.4 Å². The summed E-state index contributed by atoms with van der Waals surface area (Å²) in [6, 6.07) is 17.6. The number of carbonyl (C=O) groups is 2. The van der Waals surface area contributed by atoms with Crippen LogP contribution in [0.1, 0.15) is 30.0 Å². The zero-order chi connectivity index (χ0) is 18.8. The van der Waals surface area contributed by atoms with Gasteiger partial charge in [0, 0.05) is 18.7 Å². The Kier molecular flexibility index (Phi) is 4.77. The molecule has 2 aliphatic rings. The summed E-state index contributed by atoms with van der Waals surface area (Å²) in [5.41, 5.74) is 1.45. The first-order valence-electron chi connectivity index (χ1n) is 9.17. The monoisotopic (exact) mass is 363 g/mol. The number of hydrogen-bond donors (Lipinski definition) is 1. The highest BCUT2D eigenvalue weighted by atomic mass is 16.5. The molecule has 0 radical (unpaired) electrons. The van der Waals surface area contributed by atoms with Crippen LogP contribution in [-0.4, -0.2) is 41.0 Å². The maximum absolute atomic E-state index is 12.8. The molecule has 2 atom stereocenters. The van der Waals surface area contributed by atoms with Crippen LogP contribution in [0.15, 0.2) is 66.2 Å². The molecule has 5 nitrogen and oxygen atoms in total. The molecule has 2 aromatic rings. The summed E-state index contributed by atoms with van der Waals surface area (Å²) in [6.45, 7) is 1.02. The van der Waals surface area contributed by atoms with Gasteiger partial charge in [-0.05, 0) is 18.4 Å². The van der Waals surface area contributed by atoms with E-state index >= 15 is 0 Å². The number of rotatable bonds is 4. The van der Waals surface area contributed by atoms with Crippen LogP contribution < -0.4 is 0 Å². The van der Waals surface area contributed by atoms with Crippen LogP contribution in [0.3, 0.4) is 0 Å². The fourth-order valence-electron chi connectivity index (χ4n) is 3.81. The number of aliphatic hydroxyl groups is 1. The molecule has 1 amide bonds. The maximum atomic E-state index is 12.8. The minimum absolute atomic E-state index is 0.0776. The van der Waals surface area contributed by atoms with Gasteiger partial charge in [0.25, 0.3) is 11.7 Å². The zero-order valence-corrected chi connectivity index (χ0v) is 14.9. The van der Waals surface area contributed by atoms with E-state index in [9.17, 15) is 14.7 Å². The molecule has 0 spiro atoms. The average molecular weight is 363 g/mol. The van der Waals surface area contributed by atoms with Gasteiger partial charge in [-0.3, -0.25) is 9.59 Å². The van der Waals surface area contributed by atoms with Crippen molar-refractivity contribution in [1.82, 2.24) is 4.90 Å². The Balaban J connectivity index is 1.81. The average Bonchev–Trinajstić information content (AvgIpc) is 3.31. The molecule has 0 aromatic heterocycles. The number of amides is 1. The van der Waals surface area contributed by atoms with Gasteiger partial charge in [0.1, 0.15) is 5.76 Å². The molecule has 138 valence electrons. The summed E-state index contributed by atoms with van der Waals surface area (Å²) in [4.78, 5) is 27.2. The van der Waals surface area contributed by atoms with Gasteiger partial charge < -0.3 is 14.7 Å².